The SMILES string of the molecule is Cc1ccc(C)c([N+](=O)[O-])c1O. The molecule has 4 heteroatoms. The highest BCUT2D eigenvalue weighted by atomic mass is 16.6. The van der Waals surface area contributed by atoms with Gasteiger partial charge in [-0.05, 0) is 19.4 Å². The normalized spacial score (nSPS) is 9.83. The first-order valence-electron chi connectivity index (χ1n) is 3.47. The van der Waals surface area contributed by atoms with Crippen LogP contribution in [-0.2, 0) is 0 Å². The maximum Gasteiger partial charge on any atom is 0.313 e. The molecule has 64 valence electrons. The van der Waals surface area contributed by atoms with Crippen LogP contribution in [0.15, 0.2) is 12.1 Å². The summed E-state index contributed by atoms with van der Waals surface area (Å²) in [7, 11) is 0. The Morgan fingerprint density at radius 1 is 1.33 bits per heavy atom. The van der Waals surface area contributed by atoms with Gasteiger partial charge in [0, 0.05) is 5.56 Å². The third-order valence-electron chi connectivity index (χ3n) is 1.74. The molecule has 4 nitrogen and oxygen atoms in total. The first kappa shape index (κ1) is 8.52. The Morgan fingerprint density at radius 3 is 2.25 bits per heavy atom. The maximum absolute atomic E-state index is 10.4. The van der Waals surface area contributed by atoms with Crippen molar-refractivity contribution in [1.82, 2.24) is 0 Å². The van der Waals surface area contributed by atoms with Crippen LogP contribution in [0.4, 0.5) is 5.69 Å². The van der Waals surface area contributed by atoms with Gasteiger partial charge in [-0.1, -0.05) is 12.1 Å². The minimum Gasteiger partial charge on any atom is -0.502 e. The van der Waals surface area contributed by atoms with Gasteiger partial charge in [0.15, 0.2) is 5.75 Å². The number of rotatable bonds is 1. The number of nitrogens with zero attached hydrogens (tertiary/aromatic N) is 1. The molecule has 1 aromatic rings. The molecule has 12 heavy (non-hydrogen) atoms. The Bertz CT molecular complexity index is 333. The number of aromatic hydroxyl groups is 1. The third-order valence-corrected chi connectivity index (χ3v) is 1.74. The predicted molar refractivity (Wildman–Crippen MR) is 44.2 cm³/mol. The first-order chi connectivity index (χ1) is 5.54. The van der Waals surface area contributed by atoms with Crippen molar-refractivity contribution >= 4 is 5.69 Å². The summed E-state index contributed by atoms with van der Waals surface area (Å²) in [6, 6.07) is 3.27. The number of benzene rings is 1. The standard InChI is InChI=1S/C8H9NO3/c1-5-3-4-6(2)8(10)7(5)9(11)12/h3-4,10H,1-2H3. The lowest BCUT2D eigenvalue weighted by Crippen LogP contribution is -1.93. The number of phenolic OH excluding ortho intramolecular Hbond substituents is 1. The maximum atomic E-state index is 10.4. The van der Waals surface area contributed by atoms with Crippen LogP contribution in [-0.4, -0.2) is 10.0 Å². The summed E-state index contributed by atoms with van der Waals surface area (Å²) in [6.07, 6.45) is 0. The van der Waals surface area contributed by atoms with Gasteiger partial charge >= 0.3 is 5.69 Å². The van der Waals surface area contributed by atoms with Crippen molar-refractivity contribution in [1.29, 1.82) is 0 Å². The van der Waals surface area contributed by atoms with Crippen molar-refractivity contribution in [2.24, 2.45) is 0 Å². The first-order valence-corrected chi connectivity index (χ1v) is 3.47. The van der Waals surface area contributed by atoms with E-state index in [9.17, 15) is 15.2 Å². The van der Waals surface area contributed by atoms with Gasteiger partial charge < -0.3 is 5.11 Å². The van der Waals surface area contributed by atoms with E-state index >= 15 is 0 Å². The van der Waals surface area contributed by atoms with Crippen molar-refractivity contribution in [3.8, 4) is 5.75 Å². The molecule has 0 fully saturated rings. The van der Waals surface area contributed by atoms with Crippen LogP contribution in [0.25, 0.3) is 0 Å². The van der Waals surface area contributed by atoms with Crippen LogP contribution < -0.4 is 0 Å². The highest BCUT2D eigenvalue weighted by molar-refractivity contribution is 5.55. The fourth-order valence-electron chi connectivity index (χ4n) is 1.01. The van der Waals surface area contributed by atoms with Crippen molar-refractivity contribution < 1.29 is 10.0 Å². The van der Waals surface area contributed by atoms with Gasteiger partial charge in [-0.2, -0.15) is 0 Å². The van der Waals surface area contributed by atoms with Crippen LogP contribution in [0, 0.1) is 24.0 Å². The summed E-state index contributed by atoms with van der Waals surface area (Å²) >= 11 is 0. The summed E-state index contributed by atoms with van der Waals surface area (Å²) < 4.78 is 0. The second-order valence-corrected chi connectivity index (χ2v) is 2.65. The molecule has 0 aliphatic heterocycles. The molecule has 0 aromatic heterocycles. The molecular formula is C8H9NO3. The molecule has 0 radical (unpaired) electrons. The highest BCUT2D eigenvalue weighted by Crippen LogP contribution is 2.31. The lowest BCUT2D eigenvalue weighted by molar-refractivity contribution is -0.386. The monoisotopic (exact) mass is 167 g/mol. The Morgan fingerprint density at radius 2 is 1.83 bits per heavy atom. The quantitative estimate of drug-likeness (QED) is 0.513. The summed E-state index contributed by atoms with van der Waals surface area (Å²) in [5.41, 5.74) is 0.797. The molecule has 1 aromatic carbocycles. The molecule has 0 aliphatic carbocycles. The van der Waals surface area contributed by atoms with Gasteiger partial charge in [0.05, 0.1) is 4.92 Å². The number of nitro groups is 1. The van der Waals surface area contributed by atoms with E-state index in [4.69, 9.17) is 0 Å². The molecule has 0 aliphatic rings. The van der Waals surface area contributed by atoms with Crippen molar-refractivity contribution in [3.05, 3.63) is 33.4 Å². The molecule has 0 heterocycles. The average Bonchev–Trinajstić information content (AvgIpc) is 1.97. The second-order valence-electron chi connectivity index (χ2n) is 2.65. The fourth-order valence-corrected chi connectivity index (χ4v) is 1.01. The third kappa shape index (κ3) is 1.23. The predicted octanol–water partition coefficient (Wildman–Crippen LogP) is 1.92. The molecular weight excluding hydrogens is 158 g/mol. The van der Waals surface area contributed by atoms with E-state index in [0.29, 0.717) is 11.1 Å². The van der Waals surface area contributed by atoms with E-state index in [2.05, 4.69) is 0 Å². The van der Waals surface area contributed by atoms with E-state index in [-0.39, 0.29) is 11.4 Å². The summed E-state index contributed by atoms with van der Waals surface area (Å²) in [5, 5.41) is 19.7. The van der Waals surface area contributed by atoms with E-state index < -0.39 is 4.92 Å². The number of aryl methyl sites for hydroxylation is 2. The van der Waals surface area contributed by atoms with Gasteiger partial charge in [-0.25, -0.2) is 0 Å². The van der Waals surface area contributed by atoms with Crippen molar-refractivity contribution in [2.45, 2.75) is 13.8 Å². The van der Waals surface area contributed by atoms with Crippen LogP contribution in [0.1, 0.15) is 11.1 Å². The van der Waals surface area contributed by atoms with Gasteiger partial charge in [0.1, 0.15) is 0 Å². The zero-order valence-electron chi connectivity index (χ0n) is 6.87. The number of hydrogen-bond donors (Lipinski definition) is 1. The molecule has 0 saturated carbocycles. The summed E-state index contributed by atoms with van der Waals surface area (Å²) in [4.78, 5) is 9.87. The van der Waals surface area contributed by atoms with Crippen molar-refractivity contribution in [3.63, 3.8) is 0 Å². The van der Waals surface area contributed by atoms with E-state index in [1.807, 2.05) is 0 Å². The van der Waals surface area contributed by atoms with Gasteiger partial charge in [0.25, 0.3) is 0 Å². The van der Waals surface area contributed by atoms with E-state index in [1.54, 1.807) is 26.0 Å². The Kier molecular flexibility index (Phi) is 1.99. The van der Waals surface area contributed by atoms with Crippen LogP contribution in [0.2, 0.25) is 0 Å². The molecule has 0 saturated heterocycles. The summed E-state index contributed by atoms with van der Waals surface area (Å²) in [5.74, 6) is -0.236. The highest BCUT2D eigenvalue weighted by Gasteiger charge is 2.17. The van der Waals surface area contributed by atoms with Gasteiger partial charge in [-0.15, -0.1) is 0 Å². The minimum absolute atomic E-state index is 0.199. The second kappa shape index (κ2) is 2.81. The molecule has 0 atom stereocenters. The Balaban J connectivity index is 3.43. The molecule has 0 amide bonds. The fraction of sp³-hybridized carbons (Fsp3) is 0.250. The molecule has 0 unspecified atom stereocenters. The van der Waals surface area contributed by atoms with Crippen LogP contribution >= 0.6 is 0 Å². The number of hydrogen-bond acceptors (Lipinski definition) is 3. The average molecular weight is 167 g/mol. The molecule has 0 bridgehead atoms. The van der Waals surface area contributed by atoms with Crippen LogP contribution in [0.3, 0.4) is 0 Å². The molecule has 0 spiro atoms. The number of nitro benzene ring substituents is 1. The number of phenols is 1. The van der Waals surface area contributed by atoms with Gasteiger partial charge in [0.2, 0.25) is 0 Å². The largest absolute Gasteiger partial charge is 0.502 e. The summed E-state index contributed by atoms with van der Waals surface area (Å²) in [6.45, 7) is 3.22. The smallest absolute Gasteiger partial charge is 0.313 e. The zero-order valence-corrected chi connectivity index (χ0v) is 6.87. The molecule has 1 N–H and O–H groups in total. The van der Waals surface area contributed by atoms with E-state index in [1.165, 1.54) is 0 Å². The topological polar surface area (TPSA) is 63.4 Å². The van der Waals surface area contributed by atoms with Crippen LogP contribution in [0.5, 0.6) is 5.75 Å². The van der Waals surface area contributed by atoms with E-state index in [0.717, 1.165) is 0 Å². The Labute approximate surface area is 69.6 Å². The van der Waals surface area contributed by atoms with Crippen molar-refractivity contribution in [2.75, 3.05) is 0 Å². The molecule has 1 rings (SSSR count). The zero-order chi connectivity index (χ0) is 9.30. The minimum atomic E-state index is -0.572. The van der Waals surface area contributed by atoms with Gasteiger partial charge in [-0.3, -0.25) is 10.1 Å². The lowest BCUT2D eigenvalue weighted by atomic mass is 10.1. The Hall–Kier alpha value is -1.58. The lowest BCUT2D eigenvalue weighted by Gasteiger charge is -2.01.